The number of methoxy groups -OCH3 is 1. The fourth-order valence-electron chi connectivity index (χ4n) is 4.73. The average molecular weight is 652 g/mol. The number of carbonyl (C=O) groups excluding carboxylic acids is 2. The number of anilines is 1. The molecule has 0 saturated carbocycles. The molecule has 0 heterocycles. The van der Waals surface area contributed by atoms with Crippen LogP contribution >= 0.6 is 11.6 Å². The Morgan fingerprint density at radius 3 is 2.07 bits per heavy atom. The van der Waals surface area contributed by atoms with Crippen LogP contribution in [0.5, 0.6) is 5.75 Å². The third-order valence-electron chi connectivity index (χ3n) is 7.01. The van der Waals surface area contributed by atoms with E-state index in [9.17, 15) is 22.4 Å². The number of halogens is 2. The largest absolute Gasteiger partial charge is 0.497 e. The van der Waals surface area contributed by atoms with Crippen molar-refractivity contribution in [3.63, 3.8) is 0 Å². The van der Waals surface area contributed by atoms with E-state index in [1.807, 2.05) is 44.2 Å². The molecule has 0 bridgehead atoms. The van der Waals surface area contributed by atoms with Gasteiger partial charge >= 0.3 is 0 Å². The minimum absolute atomic E-state index is 0.00113. The molecule has 0 spiro atoms. The molecule has 1 atom stereocenters. The van der Waals surface area contributed by atoms with Crippen LogP contribution in [0.1, 0.15) is 25.0 Å². The van der Waals surface area contributed by atoms with Crippen molar-refractivity contribution in [3.8, 4) is 5.75 Å². The Hall–Kier alpha value is -4.41. The quantitative estimate of drug-likeness (QED) is 0.196. The highest BCUT2D eigenvalue weighted by molar-refractivity contribution is 7.92. The van der Waals surface area contributed by atoms with E-state index < -0.39 is 34.3 Å². The maximum absolute atomic E-state index is 14.4. The summed E-state index contributed by atoms with van der Waals surface area (Å²) in [5.41, 5.74) is 1.59. The first-order valence-corrected chi connectivity index (χ1v) is 16.1. The van der Waals surface area contributed by atoms with Gasteiger partial charge in [-0.15, -0.1) is 0 Å². The average Bonchev–Trinajstić information content (AvgIpc) is 3.03. The van der Waals surface area contributed by atoms with Crippen molar-refractivity contribution in [2.75, 3.05) is 18.0 Å². The monoisotopic (exact) mass is 651 g/mol. The molecule has 0 aliphatic rings. The van der Waals surface area contributed by atoms with Crippen molar-refractivity contribution in [2.24, 2.45) is 0 Å². The van der Waals surface area contributed by atoms with Gasteiger partial charge in [-0.05, 0) is 85.6 Å². The highest BCUT2D eigenvalue weighted by atomic mass is 35.5. The van der Waals surface area contributed by atoms with Gasteiger partial charge in [0.2, 0.25) is 11.8 Å². The van der Waals surface area contributed by atoms with E-state index >= 15 is 0 Å². The Balaban J connectivity index is 1.79. The Kier molecular flexibility index (Phi) is 11.2. The Bertz CT molecular complexity index is 1690. The normalized spacial score (nSPS) is 12.0. The van der Waals surface area contributed by atoms with Crippen LogP contribution in [0.2, 0.25) is 5.02 Å². The first-order chi connectivity index (χ1) is 21.5. The van der Waals surface area contributed by atoms with Gasteiger partial charge < -0.3 is 15.0 Å². The molecular formula is C34H35ClFN3O5S. The van der Waals surface area contributed by atoms with Crippen molar-refractivity contribution < 1.29 is 27.1 Å². The van der Waals surface area contributed by atoms with Gasteiger partial charge in [-0.1, -0.05) is 54.1 Å². The number of sulfonamides is 1. The summed E-state index contributed by atoms with van der Waals surface area (Å²) in [5, 5.41) is 3.42. The number of benzene rings is 4. The molecule has 0 aliphatic carbocycles. The lowest BCUT2D eigenvalue weighted by atomic mass is 10.0. The lowest BCUT2D eigenvalue weighted by Crippen LogP contribution is -2.54. The van der Waals surface area contributed by atoms with Gasteiger partial charge in [0.25, 0.3) is 10.0 Å². The van der Waals surface area contributed by atoms with Crippen LogP contribution in [-0.2, 0) is 32.6 Å². The van der Waals surface area contributed by atoms with Gasteiger partial charge in [-0.25, -0.2) is 12.8 Å². The summed E-state index contributed by atoms with van der Waals surface area (Å²) in [7, 11) is -2.87. The third-order valence-corrected chi connectivity index (χ3v) is 9.05. The number of hydrogen-bond acceptors (Lipinski definition) is 5. The molecule has 0 radical (unpaired) electrons. The Morgan fingerprint density at radius 1 is 0.867 bits per heavy atom. The zero-order valence-corrected chi connectivity index (χ0v) is 26.8. The molecule has 0 aromatic heterocycles. The highest BCUT2D eigenvalue weighted by Gasteiger charge is 2.35. The molecule has 1 N–H and O–H groups in total. The van der Waals surface area contributed by atoms with E-state index in [1.54, 1.807) is 24.3 Å². The van der Waals surface area contributed by atoms with Gasteiger partial charge in [-0.3, -0.25) is 13.9 Å². The van der Waals surface area contributed by atoms with Crippen molar-refractivity contribution in [2.45, 2.75) is 43.8 Å². The van der Waals surface area contributed by atoms with Crippen LogP contribution in [0.3, 0.4) is 0 Å². The summed E-state index contributed by atoms with van der Waals surface area (Å²) < 4.78 is 48.1. The molecule has 2 amide bonds. The fraction of sp³-hybridized carbons (Fsp3) is 0.235. The minimum atomic E-state index is -4.33. The molecule has 0 fully saturated rings. The molecule has 4 aromatic carbocycles. The van der Waals surface area contributed by atoms with Crippen LogP contribution in [0, 0.1) is 5.82 Å². The molecule has 236 valence electrons. The second kappa shape index (κ2) is 15.0. The number of amides is 2. The summed E-state index contributed by atoms with van der Waals surface area (Å²) in [4.78, 5) is 29.4. The summed E-state index contributed by atoms with van der Waals surface area (Å²) in [6, 6.07) is 25.5. The molecule has 0 aliphatic heterocycles. The van der Waals surface area contributed by atoms with Crippen molar-refractivity contribution >= 4 is 39.1 Å². The number of ether oxygens (including phenoxy) is 1. The van der Waals surface area contributed by atoms with Crippen molar-refractivity contribution in [1.29, 1.82) is 0 Å². The van der Waals surface area contributed by atoms with Crippen LogP contribution in [0.25, 0.3) is 0 Å². The van der Waals surface area contributed by atoms with Crippen LogP contribution < -0.4 is 14.4 Å². The number of rotatable bonds is 13. The number of nitrogens with zero attached hydrogens (tertiary/aromatic N) is 2. The van der Waals surface area contributed by atoms with Gasteiger partial charge in [0.1, 0.15) is 24.2 Å². The molecule has 1 unspecified atom stereocenters. The first kappa shape index (κ1) is 33.5. The molecule has 4 rings (SSSR count). The van der Waals surface area contributed by atoms with Crippen LogP contribution in [-0.4, -0.2) is 50.9 Å². The zero-order chi connectivity index (χ0) is 32.6. The summed E-state index contributed by atoms with van der Waals surface area (Å²) in [6.45, 7) is 2.98. The van der Waals surface area contributed by atoms with Gasteiger partial charge in [0.15, 0.2) is 0 Å². The maximum atomic E-state index is 14.4. The van der Waals surface area contributed by atoms with Crippen LogP contribution in [0.4, 0.5) is 10.1 Å². The minimum Gasteiger partial charge on any atom is -0.497 e. The second-order valence-corrected chi connectivity index (χ2v) is 13.0. The summed E-state index contributed by atoms with van der Waals surface area (Å²) in [6.07, 6.45) is 0.181. The molecule has 0 saturated heterocycles. The smallest absolute Gasteiger partial charge is 0.264 e. The second-order valence-electron chi connectivity index (χ2n) is 10.7. The van der Waals surface area contributed by atoms with Gasteiger partial charge in [0.05, 0.1) is 17.7 Å². The number of nitrogens with one attached hydrogen (secondary N) is 1. The Morgan fingerprint density at radius 2 is 1.49 bits per heavy atom. The third kappa shape index (κ3) is 8.83. The Labute approximate surface area is 268 Å². The molecule has 45 heavy (non-hydrogen) atoms. The van der Waals surface area contributed by atoms with E-state index in [0.29, 0.717) is 16.3 Å². The zero-order valence-electron chi connectivity index (χ0n) is 25.2. The molecule has 11 heteroatoms. The van der Waals surface area contributed by atoms with E-state index in [0.717, 1.165) is 22.0 Å². The lowest BCUT2D eigenvalue weighted by molar-refractivity contribution is -0.140. The molecular weight excluding hydrogens is 617 g/mol. The maximum Gasteiger partial charge on any atom is 0.264 e. The van der Waals surface area contributed by atoms with Crippen molar-refractivity contribution in [3.05, 3.63) is 125 Å². The number of hydrogen-bond donors (Lipinski definition) is 1. The topological polar surface area (TPSA) is 96.0 Å². The van der Waals surface area contributed by atoms with Gasteiger partial charge in [0, 0.05) is 24.0 Å². The standard InChI is InChI=1S/C34H35ClFN3O5S/c1-24(2)37-34(41)32(21-25-7-5-4-6-8-25)38(22-26-9-11-27(35)12-10-26)33(40)23-39(29-15-13-28(36)14-16-29)45(42,43)31-19-17-30(44-3)18-20-31/h4-20,24,32H,21-23H2,1-3H3,(H,37,41). The molecule has 4 aromatic rings. The van der Waals surface area contributed by atoms with E-state index in [2.05, 4.69) is 5.32 Å². The summed E-state index contributed by atoms with van der Waals surface area (Å²) in [5.74, 6) is -1.13. The van der Waals surface area contributed by atoms with E-state index in [4.69, 9.17) is 16.3 Å². The van der Waals surface area contributed by atoms with Crippen molar-refractivity contribution in [1.82, 2.24) is 10.2 Å². The van der Waals surface area contributed by atoms with Gasteiger partial charge in [-0.2, -0.15) is 0 Å². The SMILES string of the molecule is COc1ccc(S(=O)(=O)N(CC(=O)N(Cc2ccc(Cl)cc2)C(Cc2ccccc2)C(=O)NC(C)C)c2ccc(F)cc2)cc1. The number of carbonyl (C=O) groups is 2. The van der Waals surface area contributed by atoms with Crippen LogP contribution in [0.15, 0.2) is 108 Å². The predicted molar refractivity (Wildman–Crippen MR) is 173 cm³/mol. The highest BCUT2D eigenvalue weighted by Crippen LogP contribution is 2.27. The first-order valence-electron chi connectivity index (χ1n) is 14.3. The lowest BCUT2D eigenvalue weighted by Gasteiger charge is -2.34. The predicted octanol–water partition coefficient (Wildman–Crippen LogP) is 5.85. The van der Waals surface area contributed by atoms with E-state index in [-0.39, 0.29) is 35.5 Å². The summed E-state index contributed by atoms with van der Waals surface area (Å²) >= 11 is 6.11. The van der Waals surface area contributed by atoms with E-state index in [1.165, 1.54) is 48.4 Å². The fourth-order valence-corrected chi connectivity index (χ4v) is 6.27. The molecule has 8 nitrogen and oxygen atoms in total.